The van der Waals surface area contributed by atoms with E-state index in [0.717, 1.165) is 17.1 Å². The molecule has 0 aliphatic rings. The van der Waals surface area contributed by atoms with E-state index in [1.165, 1.54) is 33.0 Å². The molecular weight excluding hydrogens is 446 g/mol. The fraction of sp³-hybridized carbons (Fsp3) is 0. The largest absolute Gasteiger partial charge is 0.310 e. The van der Waals surface area contributed by atoms with Gasteiger partial charge in [-0.1, -0.05) is 127 Å². The molecule has 0 atom stereocenters. The minimum absolute atomic E-state index is 1.14. The first-order valence-electron chi connectivity index (χ1n) is 12.6. The van der Waals surface area contributed by atoms with Gasteiger partial charge in [-0.3, -0.25) is 0 Å². The van der Waals surface area contributed by atoms with Crippen LogP contribution in [0.2, 0.25) is 0 Å². The molecule has 176 valence electrons. The second kappa shape index (κ2) is 10.4. The van der Waals surface area contributed by atoms with E-state index < -0.39 is 0 Å². The second-order valence-electron chi connectivity index (χ2n) is 9.02. The number of benzene rings is 6. The molecule has 6 aromatic rings. The lowest BCUT2D eigenvalue weighted by Crippen LogP contribution is -2.10. The minimum atomic E-state index is 1.14. The summed E-state index contributed by atoms with van der Waals surface area (Å²) in [7, 11) is 0. The number of hydrogen-bond acceptors (Lipinski definition) is 1. The highest BCUT2D eigenvalue weighted by atomic mass is 15.1. The van der Waals surface area contributed by atoms with Gasteiger partial charge in [-0.15, -0.1) is 0 Å². The van der Waals surface area contributed by atoms with Crippen molar-refractivity contribution in [3.63, 3.8) is 0 Å². The zero-order chi connectivity index (χ0) is 24.9. The summed E-state index contributed by atoms with van der Waals surface area (Å²) in [5, 5.41) is 2.44. The van der Waals surface area contributed by atoms with Crippen molar-refractivity contribution >= 4 is 39.5 Å². The predicted molar refractivity (Wildman–Crippen MR) is 158 cm³/mol. The highest BCUT2D eigenvalue weighted by Gasteiger charge is 2.15. The number of hydrogen-bond donors (Lipinski definition) is 0. The molecule has 0 aliphatic heterocycles. The zero-order valence-corrected chi connectivity index (χ0v) is 20.5. The van der Waals surface area contributed by atoms with Gasteiger partial charge in [-0.05, 0) is 64.1 Å². The fourth-order valence-electron chi connectivity index (χ4n) is 4.94. The summed E-state index contributed by atoms with van der Waals surface area (Å²) in [4.78, 5) is 2.34. The highest BCUT2D eigenvalue weighted by molar-refractivity contribution is 6.05. The number of rotatable bonds is 6. The van der Waals surface area contributed by atoms with Crippen LogP contribution in [0.15, 0.2) is 158 Å². The maximum Gasteiger partial charge on any atom is 0.0540 e. The van der Waals surface area contributed by atoms with Gasteiger partial charge in [0.15, 0.2) is 0 Å². The van der Waals surface area contributed by atoms with Crippen LogP contribution >= 0.6 is 0 Å². The maximum atomic E-state index is 2.34. The molecule has 0 heterocycles. The highest BCUT2D eigenvalue weighted by Crippen LogP contribution is 2.40. The molecule has 0 bridgehead atoms. The molecule has 0 spiro atoms. The first-order chi connectivity index (χ1) is 18.4. The van der Waals surface area contributed by atoms with Gasteiger partial charge in [-0.25, -0.2) is 0 Å². The van der Waals surface area contributed by atoms with Crippen LogP contribution < -0.4 is 4.90 Å². The molecule has 0 saturated carbocycles. The summed E-state index contributed by atoms with van der Waals surface area (Å²) in [6, 6.07) is 55.7. The van der Waals surface area contributed by atoms with Gasteiger partial charge in [0.05, 0.1) is 5.69 Å². The van der Waals surface area contributed by atoms with Crippen LogP contribution in [-0.2, 0) is 0 Å². The molecule has 1 nitrogen and oxygen atoms in total. The standard InChI is InChI=1S/C36H27N/c1-5-15-28(16-6-1)35(29-17-7-2-8-18-29)27-30-19-13-25-34-33(30)24-14-26-36(34)37(31-20-9-3-10-21-31)32-22-11-4-12-23-32/h1-27H. The van der Waals surface area contributed by atoms with E-state index in [1.54, 1.807) is 0 Å². The van der Waals surface area contributed by atoms with E-state index in [-0.39, 0.29) is 0 Å². The van der Waals surface area contributed by atoms with Gasteiger partial charge in [-0.2, -0.15) is 0 Å². The monoisotopic (exact) mass is 473 g/mol. The first-order valence-corrected chi connectivity index (χ1v) is 12.6. The van der Waals surface area contributed by atoms with Crippen molar-refractivity contribution in [2.45, 2.75) is 0 Å². The zero-order valence-electron chi connectivity index (χ0n) is 20.5. The van der Waals surface area contributed by atoms with Crippen LogP contribution in [0.4, 0.5) is 17.1 Å². The summed E-state index contributed by atoms with van der Waals surface area (Å²) in [5.41, 5.74) is 8.25. The van der Waals surface area contributed by atoms with Crippen LogP contribution in [0.5, 0.6) is 0 Å². The van der Waals surface area contributed by atoms with Crippen LogP contribution in [0.1, 0.15) is 16.7 Å². The first kappa shape index (κ1) is 22.6. The second-order valence-corrected chi connectivity index (χ2v) is 9.02. The molecule has 37 heavy (non-hydrogen) atoms. The van der Waals surface area contributed by atoms with E-state index in [2.05, 4.69) is 169 Å². The van der Waals surface area contributed by atoms with Gasteiger partial charge in [0.2, 0.25) is 0 Å². The topological polar surface area (TPSA) is 3.24 Å². The molecule has 0 fully saturated rings. The summed E-state index contributed by atoms with van der Waals surface area (Å²) in [6.45, 7) is 0. The Labute approximate surface area is 218 Å². The van der Waals surface area contributed by atoms with Crippen molar-refractivity contribution in [2.75, 3.05) is 4.90 Å². The molecule has 0 radical (unpaired) electrons. The number of anilines is 3. The summed E-state index contributed by atoms with van der Waals surface area (Å²) >= 11 is 0. The van der Waals surface area contributed by atoms with Crippen molar-refractivity contribution in [3.8, 4) is 0 Å². The Hall–Kier alpha value is -4.88. The van der Waals surface area contributed by atoms with Gasteiger partial charge < -0.3 is 4.90 Å². The summed E-state index contributed by atoms with van der Waals surface area (Å²) in [6.07, 6.45) is 2.33. The molecule has 6 rings (SSSR count). The van der Waals surface area contributed by atoms with Crippen LogP contribution in [0.3, 0.4) is 0 Å². The Morgan fingerprint density at radius 2 is 0.865 bits per heavy atom. The Balaban J connectivity index is 1.56. The molecular formula is C36H27N. The lowest BCUT2D eigenvalue weighted by atomic mass is 9.93. The molecule has 0 saturated heterocycles. The average molecular weight is 474 g/mol. The van der Waals surface area contributed by atoms with Crippen molar-refractivity contribution in [1.82, 2.24) is 0 Å². The predicted octanol–water partition coefficient (Wildman–Crippen LogP) is 9.90. The maximum absolute atomic E-state index is 2.34. The van der Waals surface area contributed by atoms with E-state index in [9.17, 15) is 0 Å². The van der Waals surface area contributed by atoms with E-state index >= 15 is 0 Å². The van der Waals surface area contributed by atoms with E-state index in [0.29, 0.717) is 0 Å². The third-order valence-corrected chi connectivity index (χ3v) is 6.67. The molecule has 1 heteroatoms. The van der Waals surface area contributed by atoms with Crippen molar-refractivity contribution in [3.05, 3.63) is 174 Å². The van der Waals surface area contributed by atoms with Gasteiger partial charge in [0, 0.05) is 16.8 Å². The van der Waals surface area contributed by atoms with Crippen LogP contribution in [0.25, 0.3) is 22.4 Å². The van der Waals surface area contributed by atoms with Crippen molar-refractivity contribution < 1.29 is 0 Å². The smallest absolute Gasteiger partial charge is 0.0540 e. The lowest BCUT2D eigenvalue weighted by molar-refractivity contribution is 1.30. The normalized spacial score (nSPS) is 10.7. The molecule has 0 unspecified atom stereocenters. The van der Waals surface area contributed by atoms with Crippen LogP contribution in [0, 0.1) is 0 Å². The number of para-hydroxylation sites is 2. The molecule has 0 aliphatic carbocycles. The fourth-order valence-corrected chi connectivity index (χ4v) is 4.94. The van der Waals surface area contributed by atoms with Crippen molar-refractivity contribution in [2.24, 2.45) is 0 Å². The number of nitrogens with zero attached hydrogens (tertiary/aromatic N) is 1. The quantitative estimate of drug-likeness (QED) is 0.218. The third kappa shape index (κ3) is 4.68. The van der Waals surface area contributed by atoms with Crippen LogP contribution in [-0.4, -0.2) is 0 Å². The molecule has 0 N–H and O–H groups in total. The Bertz CT molecular complexity index is 1560. The Morgan fingerprint density at radius 3 is 1.41 bits per heavy atom. The third-order valence-electron chi connectivity index (χ3n) is 6.67. The van der Waals surface area contributed by atoms with E-state index in [1.807, 2.05) is 0 Å². The minimum Gasteiger partial charge on any atom is -0.310 e. The Morgan fingerprint density at radius 1 is 0.405 bits per heavy atom. The van der Waals surface area contributed by atoms with Gasteiger partial charge >= 0.3 is 0 Å². The van der Waals surface area contributed by atoms with Gasteiger partial charge in [0.25, 0.3) is 0 Å². The number of fused-ring (bicyclic) bond motifs is 1. The SMILES string of the molecule is C(=C(c1ccccc1)c1ccccc1)c1cccc2c(N(c3ccccc3)c3ccccc3)cccc12. The van der Waals surface area contributed by atoms with Gasteiger partial charge in [0.1, 0.15) is 0 Å². The molecule has 6 aromatic carbocycles. The summed E-state index contributed by atoms with van der Waals surface area (Å²) in [5.74, 6) is 0. The molecule has 0 aromatic heterocycles. The Kier molecular flexibility index (Phi) is 6.34. The average Bonchev–Trinajstić information content (AvgIpc) is 2.98. The summed E-state index contributed by atoms with van der Waals surface area (Å²) < 4.78 is 0. The van der Waals surface area contributed by atoms with Crippen molar-refractivity contribution in [1.29, 1.82) is 0 Å². The lowest BCUT2D eigenvalue weighted by Gasteiger charge is -2.27. The molecule has 0 amide bonds. The van der Waals surface area contributed by atoms with E-state index in [4.69, 9.17) is 0 Å².